The van der Waals surface area contributed by atoms with Crippen LogP contribution in [0.4, 0.5) is 0 Å². The van der Waals surface area contributed by atoms with Gasteiger partial charge in [0.05, 0.1) is 14.1 Å². The average molecular weight is 362 g/mol. The number of carbonyl (C=O) groups is 1. The van der Waals surface area contributed by atoms with Crippen LogP contribution >= 0.6 is 11.6 Å². The van der Waals surface area contributed by atoms with Gasteiger partial charge in [0, 0.05) is 17.1 Å². The van der Waals surface area contributed by atoms with Gasteiger partial charge in [0.25, 0.3) is 5.91 Å². The Bertz CT molecular complexity index is 721. The van der Waals surface area contributed by atoms with E-state index in [1.165, 1.54) is 10.5 Å². The third kappa shape index (κ3) is 5.76. The number of rotatable bonds is 7. The minimum absolute atomic E-state index is 0.00951. The van der Waals surface area contributed by atoms with E-state index in [0.717, 1.165) is 29.0 Å². The van der Waals surface area contributed by atoms with Crippen LogP contribution in [-0.2, 0) is 17.9 Å². The maximum absolute atomic E-state index is 12.1. The van der Waals surface area contributed by atoms with Crippen molar-refractivity contribution in [3.8, 4) is 5.75 Å². The number of hydrogen-bond donors (Lipinski definition) is 2. The van der Waals surface area contributed by atoms with E-state index in [1.54, 1.807) is 0 Å². The number of carbonyl (C=O) groups excluding carboxylic acids is 1. The lowest BCUT2D eigenvalue weighted by Crippen LogP contribution is -3.04. The molecule has 2 aromatic rings. The second-order valence-electron chi connectivity index (χ2n) is 6.59. The van der Waals surface area contributed by atoms with Crippen LogP contribution in [-0.4, -0.2) is 26.6 Å². The van der Waals surface area contributed by atoms with Crippen molar-refractivity contribution in [3.63, 3.8) is 0 Å². The fourth-order valence-electron chi connectivity index (χ4n) is 2.79. The van der Waals surface area contributed by atoms with E-state index in [9.17, 15) is 4.79 Å². The Kier molecular flexibility index (Phi) is 6.85. The monoisotopic (exact) mass is 361 g/mol. The molecule has 0 heterocycles. The van der Waals surface area contributed by atoms with Crippen LogP contribution in [0.3, 0.4) is 0 Å². The van der Waals surface area contributed by atoms with E-state index in [-0.39, 0.29) is 12.5 Å². The summed E-state index contributed by atoms with van der Waals surface area (Å²) in [6, 6.07) is 11.8. The zero-order valence-electron chi connectivity index (χ0n) is 15.3. The van der Waals surface area contributed by atoms with Gasteiger partial charge in [-0.05, 0) is 42.7 Å². The first kappa shape index (κ1) is 19.3. The number of nitrogens with one attached hydrogen (secondary N) is 2. The Hall–Kier alpha value is -2.04. The van der Waals surface area contributed by atoms with Crippen LogP contribution in [0, 0.1) is 13.8 Å². The van der Waals surface area contributed by atoms with Gasteiger partial charge >= 0.3 is 0 Å². The third-order valence-corrected chi connectivity index (χ3v) is 4.13. The molecule has 0 saturated heterocycles. The molecule has 0 aromatic heterocycles. The van der Waals surface area contributed by atoms with E-state index in [1.807, 2.05) is 44.2 Å². The van der Waals surface area contributed by atoms with Crippen molar-refractivity contribution >= 4 is 17.5 Å². The highest BCUT2D eigenvalue weighted by Gasteiger charge is 2.10. The molecule has 25 heavy (non-hydrogen) atoms. The number of ether oxygens (including phenoxy) is 1. The van der Waals surface area contributed by atoms with Gasteiger partial charge in [0.2, 0.25) is 0 Å². The number of halogens is 1. The molecular formula is C20H26ClN2O2+. The Balaban J connectivity index is 1.92. The molecule has 2 N–H and O–H groups in total. The highest BCUT2D eigenvalue weighted by atomic mass is 35.5. The molecule has 134 valence electrons. The van der Waals surface area contributed by atoms with Crippen molar-refractivity contribution in [2.24, 2.45) is 0 Å². The molecule has 0 radical (unpaired) electrons. The van der Waals surface area contributed by atoms with Crippen LogP contribution in [0.25, 0.3) is 0 Å². The molecule has 1 amide bonds. The van der Waals surface area contributed by atoms with E-state index in [2.05, 4.69) is 25.5 Å². The predicted octanol–water partition coefficient (Wildman–Crippen LogP) is 2.30. The molecule has 2 rings (SSSR count). The molecule has 0 bridgehead atoms. The first-order chi connectivity index (χ1) is 11.9. The van der Waals surface area contributed by atoms with Crippen molar-refractivity contribution in [1.29, 1.82) is 0 Å². The highest BCUT2D eigenvalue weighted by molar-refractivity contribution is 6.30. The molecule has 0 aliphatic rings. The molecule has 0 spiro atoms. The van der Waals surface area contributed by atoms with Crippen LogP contribution in [0.1, 0.15) is 22.3 Å². The summed E-state index contributed by atoms with van der Waals surface area (Å²) < 4.78 is 5.69. The molecule has 4 nitrogen and oxygen atoms in total. The Morgan fingerprint density at radius 2 is 1.72 bits per heavy atom. The lowest BCUT2D eigenvalue weighted by atomic mass is 10.1. The van der Waals surface area contributed by atoms with Crippen molar-refractivity contribution < 1.29 is 14.4 Å². The zero-order valence-corrected chi connectivity index (χ0v) is 16.0. The largest absolute Gasteiger partial charge is 0.483 e. The number of amides is 1. The summed E-state index contributed by atoms with van der Waals surface area (Å²) in [6.45, 7) is 5.26. The standard InChI is InChI=1S/C20H25ClN2O2/c1-14-9-18(21)10-15(2)20(14)25-13-19(24)22-11-16-7-5-6-8-17(16)12-23(3)4/h5-10H,11-13H2,1-4H3,(H,22,24)/p+1. The van der Waals surface area contributed by atoms with Crippen LogP contribution < -0.4 is 15.0 Å². The van der Waals surface area contributed by atoms with Crippen molar-refractivity contribution in [2.75, 3.05) is 20.7 Å². The molecule has 2 aromatic carbocycles. The summed E-state index contributed by atoms with van der Waals surface area (Å²) in [7, 11) is 4.22. The molecule has 0 aliphatic carbocycles. The SMILES string of the molecule is Cc1cc(Cl)cc(C)c1OCC(=O)NCc1ccccc1C[NH+](C)C. The molecule has 0 aliphatic heterocycles. The first-order valence-corrected chi connectivity index (χ1v) is 8.76. The lowest BCUT2D eigenvalue weighted by Gasteiger charge is -2.14. The molecule has 0 saturated carbocycles. The van der Waals surface area contributed by atoms with Gasteiger partial charge in [-0.2, -0.15) is 0 Å². The smallest absolute Gasteiger partial charge is 0.258 e. The van der Waals surface area contributed by atoms with Gasteiger partial charge in [-0.1, -0.05) is 35.9 Å². The number of benzene rings is 2. The molecule has 0 fully saturated rings. The summed E-state index contributed by atoms with van der Waals surface area (Å²) in [5, 5.41) is 3.61. The number of aryl methyl sites for hydroxylation is 2. The molecular weight excluding hydrogens is 336 g/mol. The second-order valence-corrected chi connectivity index (χ2v) is 7.02. The lowest BCUT2D eigenvalue weighted by molar-refractivity contribution is -0.872. The van der Waals surface area contributed by atoms with Gasteiger partial charge in [0.1, 0.15) is 12.3 Å². The molecule has 0 unspecified atom stereocenters. The summed E-state index contributed by atoms with van der Waals surface area (Å²) in [5.41, 5.74) is 4.23. The summed E-state index contributed by atoms with van der Waals surface area (Å²) in [6.07, 6.45) is 0. The Labute approximate surface area is 154 Å². The Morgan fingerprint density at radius 3 is 2.32 bits per heavy atom. The highest BCUT2D eigenvalue weighted by Crippen LogP contribution is 2.26. The van der Waals surface area contributed by atoms with Gasteiger partial charge < -0.3 is 15.0 Å². The fourth-order valence-corrected chi connectivity index (χ4v) is 3.12. The quantitative estimate of drug-likeness (QED) is 0.794. The minimum Gasteiger partial charge on any atom is -0.483 e. The minimum atomic E-state index is -0.138. The summed E-state index contributed by atoms with van der Waals surface area (Å²) in [4.78, 5) is 13.5. The number of hydrogen-bond acceptors (Lipinski definition) is 2. The topological polar surface area (TPSA) is 42.8 Å². The summed E-state index contributed by atoms with van der Waals surface area (Å²) in [5.74, 6) is 0.580. The first-order valence-electron chi connectivity index (χ1n) is 8.39. The van der Waals surface area contributed by atoms with Crippen molar-refractivity contribution in [1.82, 2.24) is 5.32 Å². The maximum atomic E-state index is 12.1. The molecule has 0 atom stereocenters. The zero-order chi connectivity index (χ0) is 18.4. The Morgan fingerprint density at radius 1 is 1.12 bits per heavy atom. The van der Waals surface area contributed by atoms with Gasteiger partial charge in [-0.15, -0.1) is 0 Å². The van der Waals surface area contributed by atoms with Gasteiger partial charge in [-0.25, -0.2) is 0 Å². The van der Waals surface area contributed by atoms with E-state index < -0.39 is 0 Å². The van der Waals surface area contributed by atoms with Crippen LogP contribution in [0.15, 0.2) is 36.4 Å². The van der Waals surface area contributed by atoms with E-state index in [4.69, 9.17) is 16.3 Å². The average Bonchev–Trinajstić information content (AvgIpc) is 2.52. The maximum Gasteiger partial charge on any atom is 0.258 e. The fraction of sp³-hybridized carbons (Fsp3) is 0.350. The predicted molar refractivity (Wildman–Crippen MR) is 101 cm³/mol. The summed E-state index contributed by atoms with van der Waals surface area (Å²) >= 11 is 6.02. The van der Waals surface area contributed by atoms with Crippen molar-refractivity contribution in [3.05, 3.63) is 63.7 Å². The second kappa shape index (κ2) is 8.88. The third-order valence-electron chi connectivity index (χ3n) is 3.91. The van der Waals surface area contributed by atoms with Gasteiger partial charge in [-0.3, -0.25) is 4.79 Å². The van der Waals surface area contributed by atoms with E-state index in [0.29, 0.717) is 11.6 Å². The van der Waals surface area contributed by atoms with Crippen LogP contribution in [0.2, 0.25) is 5.02 Å². The van der Waals surface area contributed by atoms with Crippen LogP contribution in [0.5, 0.6) is 5.75 Å². The number of quaternary nitrogens is 1. The van der Waals surface area contributed by atoms with Crippen molar-refractivity contribution in [2.45, 2.75) is 26.9 Å². The van der Waals surface area contributed by atoms with Gasteiger partial charge in [0.15, 0.2) is 6.61 Å². The van der Waals surface area contributed by atoms with E-state index >= 15 is 0 Å². The molecule has 5 heteroatoms. The normalized spacial score (nSPS) is 10.8.